The summed E-state index contributed by atoms with van der Waals surface area (Å²) < 4.78 is 5.04. The van der Waals surface area contributed by atoms with Gasteiger partial charge in [-0.1, -0.05) is 11.6 Å². The van der Waals surface area contributed by atoms with Gasteiger partial charge in [0.25, 0.3) is 0 Å². The lowest BCUT2D eigenvalue weighted by Crippen LogP contribution is -2.44. The first-order valence-electron chi connectivity index (χ1n) is 5.54. The van der Waals surface area contributed by atoms with Gasteiger partial charge in [-0.25, -0.2) is 0 Å². The molecule has 1 aromatic rings. The van der Waals surface area contributed by atoms with Crippen molar-refractivity contribution in [1.29, 1.82) is 0 Å². The maximum absolute atomic E-state index is 5.04. The third-order valence-electron chi connectivity index (χ3n) is 2.93. The van der Waals surface area contributed by atoms with Crippen LogP contribution in [-0.4, -0.2) is 41.2 Å². The number of piperidine rings is 1. The summed E-state index contributed by atoms with van der Waals surface area (Å²) in [6.07, 6.45) is 5.32. The molecule has 0 bridgehead atoms. The standard InChI is InChI=1S/C10H18N4O/c1-11-6-9-4-2-3-5-14(9)7-10-12-8-13-15-10/h8-9,11H,2-7H2,1H3. The van der Waals surface area contributed by atoms with E-state index < -0.39 is 0 Å². The van der Waals surface area contributed by atoms with E-state index in [9.17, 15) is 0 Å². The minimum atomic E-state index is 0.607. The molecule has 15 heavy (non-hydrogen) atoms. The van der Waals surface area contributed by atoms with Crippen LogP contribution in [0, 0.1) is 0 Å². The van der Waals surface area contributed by atoms with Crippen LogP contribution in [0.25, 0.3) is 0 Å². The molecule has 0 radical (unpaired) electrons. The Morgan fingerprint density at radius 3 is 3.27 bits per heavy atom. The number of nitrogens with one attached hydrogen (secondary N) is 1. The second-order valence-corrected chi connectivity index (χ2v) is 4.01. The molecule has 0 amide bonds. The van der Waals surface area contributed by atoms with Crippen molar-refractivity contribution < 1.29 is 4.52 Å². The molecule has 5 heteroatoms. The molecule has 2 rings (SSSR count). The van der Waals surface area contributed by atoms with Crippen molar-refractivity contribution >= 4 is 0 Å². The summed E-state index contributed by atoms with van der Waals surface area (Å²) in [5.41, 5.74) is 0. The molecule has 84 valence electrons. The van der Waals surface area contributed by atoms with Gasteiger partial charge >= 0.3 is 0 Å². The largest absolute Gasteiger partial charge is 0.338 e. The molecule has 1 atom stereocenters. The predicted octanol–water partition coefficient (Wildman–Crippen LogP) is 0.643. The second-order valence-electron chi connectivity index (χ2n) is 4.01. The molecule has 1 N–H and O–H groups in total. The highest BCUT2D eigenvalue weighted by Crippen LogP contribution is 2.18. The molecule has 1 aliphatic rings. The van der Waals surface area contributed by atoms with E-state index in [2.05, 4.69) is 20.4 Å². The zero-order chi connectivity index (χ0) is 10.5. The Morgan fingerprint density at radius 2 is 2.53 bits per heavy atom. The van der Waals surface area contributed by atoms with Crippen LogP contribution in [0.15, 0.2) is 10.9 Å². The van der Waals surface area contributed by atoms with E-state index in [1.807, 2.05) is 7.05 Å². The lowest BCUT2D eigenvalue weighted by atomic mass is 10.0. The van der Waals surface area contributed by atoms with Crippen molar-refractivity contribution in [3.63, 3.8) is 0 Å². The molecule has 0 aliphatic carbocycles. The number of rotatable bonds is 4. The molecular weight excluding hydrogens is 192 g/mol. The highest BCUT2D eigenvalue weighted by atomic mass is 16.5. The van der Waals surface area contributed by atoms with Gasteiger partial charge in [-0.15, -0.1) is 0 Å². The Kier molecular flexibility index (Phi) is 3.69. The quantitative estimate of drug-likeness (QED) is 0.790. The summed E-state index contributed by atoms with van der Waals surface area (Å²) in [5, 5.41) is 6.87. The van der Waals surface area contributed by atoms with Crippen LogP contribution in [0.5, 0.6) is 0 Å². The summed E-state index contributed by atoms with van der Waals surface area (Å²) in [6, 6.07) is 0.607. The number of hydrogen-bond donors (Lipinski definition) is 1. The smallest absolute Gasteiger partial charge is 0.240 e. The summed E-state index contributed by atoms with van der Waals surface area (Å²) in [7, 11) is 2.00. The van der Waals surface area contributed by atoms with Gasteiger partial charge < -0.3 is 9.84 Å². The first-order chi connectivity index (χ1) is 7.40. The average Bonchev–Trinajstić information content (AvgIpc) is 2.74. The van der Waals surface area contributed by atoms with Crippen LogP contribution in [0.2, 0.25) is 0 Å². The Hall–Kier alpha value is -0.940. The van der Waals surface area contributed by atoms with Gasteiger partial charge in [-0.3, -0.25) is 4.90 Å². The minimum absolute atomic E-state index is 0.607. The molecule has 1 saturated heterocycles. The number of hydrogen-bond acceptors (Lipinski definition) is 5. The van der Waals surface area contributed by atoms with Crippen LogP contribution >= 0.6 is 0 Å². The van der Waals surface area contributed by atoms with E-state index in [4.69, 9.17) is 4.52 Å². The lowest BCUT2D eigenvalue weighted by Gasteiger charge is -2.34. The van der Waals surface area contributed by atoms with Gasteiger partial charge in [-0.2, -0.15) is 4.98 Å². The molecule has 1 aliphatic heterocycles. The summed E-state index contributed by atoms with van der Waals surface area (Å²) in [4.78, 5) is 6.49. The van der Waals surface area contributed by atoms with E-state index in [0.717, 1.165) is 25.5 Å². The number of likely N-dealkylation sites (tertiary alicyclic amines) is 1. The Balaban J connectivity index is 1.92. The van der Waals surface area contributed by atoms with Crippen molar-refractivity contribution in [2.24, 2.45) is 0 Å². The fourth-order valence-electron chi connectivity index (χ4n) is 2.17. The van der Waals surface area contributed by atoms with Crippen LogP contribution in [0.1, 0.15) is 25.2 Å². The van der Waals surface area contributed by atoms with Crippen LogP contribution in [0.4, 0.5) is 0 Å². The maximum atomic E-state index is 5.04. The molecule has 2 heterocycles. The molecule has 0 aromatic carbocycles. The van der Waals surface area contributed by atoms with E-state index in [1.165, 1.54) is 25.6 Å². The van der Waals surface area contributed by atoms with Gasteiger partial charge in [0.15, 0.2) is 6.33 Å². The second kappa shape index (κ2) is 5.23. The topological polar surface area (TPSA) is 54.2 Å². The molecule has 0 spiro atoms. The Morgan fingerprint density at radius 1 is 1.60 bits per heavy atom. The molecule has 1 unspecified atom stereocenters. The average molecular weight is 210 g/mol. The monoisotopic (exact) mass is 210 g/mol. The van der Waals surface area contributed by atoms with Gasteiger partial charge in [0, 0.05) is 12.6 Å². The van der Waals surface area contributed by atoms with Crippen LogP contribution in [-0.2, 0) is 6.54 Å². The first-order valence-corrected chi connectivity index (χ1v) is 5.54. The highest BCUT2D eigenvalue weighted by molar-refractivity contribution is 4.83. The summed E-state index contributed by atoms with van der Waals surface area (Å²) >= 11 is 0. The van der Waals surface area contributed by atoms with Gasteiger partial charge in [0.05, 0.1) is 6.54 Å². The van der Waals surface area contributed by atoms with Crippen molar-refractivity contribution in [2.75, 3.05) is 20.1 Å². The normalized spacial score (nSPS) is 23.1. The van der Waals surface area contributed by atoms with Gasteiger partial charge in [0.2, 0.25) is 5.89 Å². The number of nitrogens with zero attached hydrogens (tertiary/aromatic N) is 3. The lowest BCUT2D eigenvalue weighted by molar-refractivity contribution is 0.123. The third kappa shape index (κ3) is 2.76. The molecule has 5 nitrogen and oxygen atoms in total. The zero-order valence-electron chi connectivity index (χ0n) is 9.15. The molecular formula is C10H18N4O. The van der Waals surface area contributed by atoms with Crippen molar-refractivity contribution in [2.45, 2.75) is 31.8 Å². The fraction of sp³-hybridized carbons (Fsp3) is 0.800. The summed E-state index contributed by atoms with van der Waals surface area (Å²) in [5.74, 6) is 0.720. The molecule has 1 fully saturated rings. The molecule has 0 saturated carbocycles. The van der Waals surface area contributed by atoms with Gasteiger partial charge in [0.1, 0.15) is 0 Å². The van der Waals surface area contributed by atoms with E-state index in [1.54, 1.807) is 0 Å². The minimum Gasteiger partial charge on any atom is -0.338 e. The Bertz CT molecular complexity index is 273. The fourth-order valence-corrected chi connectivity index (χ4v) is 2.17. The highest BCUT2D eigenvalue weighted by Gasteiger charge is 2.22. The van der Waals surface area contributed by atoms with Crippen molar-refractivity contribution in [3.8, 4) is 0 Å². The van der Waals surface area contributed by atoms with Crippen LogP contribution < -0.4 is 5.32 Å². The summed E-state index contributed by atoms with van der Waals surface area (Å²) in [6.45, 7) is 2.95. The third-order valence-corrected chi connectivity index (χ3v) is 2.93. The SMILES string of the molecule is CNCC1CCCCN1Cc1ncno1. The number of aromatic nitrogens is 2. The Labute approximate surface area is 89.8 Å². The van der Waals surface area contributed by atoms with E-state index in [0.29, 0.717) is 6.04 Å². The first kappa shape index (κ1) is 10.6. The predicted molar refractivity (Wildman–Crippen MR) is 56.3 cm³/mol. The van der Waals surface area contributed by atoms with E-state index >= 15 is 0 Å². The molecule has 1 aromatic heterocycles. The van der Waals surface area contributed by atoms with E-state index in [-0.39, 0.29) is 0 Å². The zero-order valence-corrected chi connectivity index (χ0v) is 9.15. The van der Waals surface area contributed by atoms with Crippen LogP contribution in [0.3, 0.4) is 0 Å². The van der Waals surface area contributed by atoms with Crippen molar-refractivity contribution in [3.05, 3.63) is 12.2 Å². The van der Waals surface area contributed by atoms with Crippen molar-refractivity contribution in [1.82, 2.24) is 20.4 Å². The maximum Gasteiger partial charge on any atom is 0.240 e. The van der Waals surface area contributed by atoms with Gasteiger partial charge in [-0.05, 0) is 26.4 Å². The number of likely N-dealkylation sites (N-methyl/N-ethyl adjacent to an activating group) is 1.